The van der Waals surface area contributed by atoms with Crippen LogP contribution in [0.1, 0.15) is 19.4 Å². The summed E-state index contributed by atoms with van der Waals surface area (Å²) in [6, 6.07) is 14.5. The van der Waals surface area contributed by atoms with Gasteiger partial charge in [0.15, 0.2) is 6.61 Å². The zero-order chi connectivity index (χ0) is 17.5. The molecule has 2 aromatic rings. The van der Waals surface area contributed by atoms with E-state index in [1.807, 2.05) is 45.0 Å². The zero-order valence-electron chi connectivity index (χ0n) is 14.1. The first-order valence-corrected chi connectivity index (χ1v) is 7.84. The highest BCUT2D eigenvalue weighted by atomic mass is 16.5. The average molecular weight is 326 g/mol. The summed E-state index contributed by atoms with van der Waals surface area (Å²) in [5.41, 5.74) is 2.50. The molecule has 2 amide bonds. The summed E-state index contributed by atoms with van der Waals surface area (Å²) in [5.74, 6) is 0.116. The highest BCUT2D eigenvalue weighted by Gasteiger charge is 2.08. The molecule has 2 rings (SSSR count). The van der Waals surface area contributed by atoms with E-state index in [1.165, 1.54) is 0 Å². The third-order valence-electron chi connectivity index (χ3n) is 3.33. The standard InChI is InChI=1S/C19H22N2O3/c1-13(2)19(23)21-16-5-4-6-17(11-16)24-12-18(22)20-15-9-7-14(3)8-10-15/h4-11,13H,12H2,1-3H3,(H,20,22)(H,21,23). The number of amides is 2. The van der Waals surface area contributed by atoms with Crippen LogP contribution in [0.2, 0.25) is 0 Å². The fourth-order valence-corrected chi connectivity index (χ4v) is 1.93. The molecule has 0 atom stereocenters. The van der Waals surface area contributed by atoms with E-state index in [1.54, 1.807) is 24.3 Å². The number of rotatable bonds is 6. The number of benzene rings is 2. The van der Waals surface area contributed by atoms with Gasteiger partial charge in [0.05, 0.1) is 0 Å². The van der Waals surface area contributed by atoms with Crippen molar-refractivity contribution in [3.63, 3.8) is 0 Å². The second kappa shape index (κ2) is 8.15. The first-order valence-electron chi connectivity index (χ1n) is 7.84. The van der Waals surface area contributed by atoms with Crippen LogP contribution in [0.25, 0.3) is 0 Å². The smallest absolute Gasteiger partial charge is 0.262 e. The van der Waals surface area contributed by atoms with Gasteiger partial charge in [0.1, 0.15) is 5.75 Å². The zero-order valence-corrected chi connectivity index (χ0v) is 14.1. The Morgan fingerprint density at radius 1 is 1.00 bits per heavy atom. The Morgan fingerprint density at radius 3 is 2.38 bits per heavy atom. The van der Waals surface area contributed by atoms with Gasteiger partial charge in [0, 0.05) is 23.4 Å². The molecule has 0 heterocycles. The summed E-state index contributed by atoms with van der Waals surface area (Å²) in [4.78, 5) is 23.6. The molecule has 0 spiro atoms. The van der Waals surface area contributed by atoms with Crippen LogP contribution >= 0.6 is 0 Å². The largest absolute Gasteiger partial charge is 0.484 e. The number of nitrogens with one attached hydrogen (secondary N) is 2. The number of carbonyl (C=O) groups is 2. The minimum absolute atomic E-state index is 0.0655. The number of carbonyl (C=O) groups excluding carboxylic acids is 2. The summed E-state index contributed by atoms with van der Waals surface area (Å²) < 4.78 is 5.48. The van der Waals surface area contributed by atoms with E-state index in [4.69, 9.17) is 4.74 Å². The van der Waals surface area contributed by atoms with Crippen molar-refractivity contribution < 1.29 is 14.3 Å². The number of aryl methyl sites for hydroxylation is 1. The molecule has 5 heteroatoms. The Labute approximate surface area is 142 Å². The number of ether oxygens (including phenoxy) is 1. The number of hydrogen-bond donors (Lipinski definition) is 2. The van der Waals surface area contributed by atoms with E-state index >= 15 is 0 Å². The van der Waals surface area contributed by atoms with Gasteiger partial charge in [0.25, 0.3) is 5.91 Å². The van der Waals surface area contributed by atoms with E-state index in [0.717, 1.165) is 11.3 Å². The minimum Gasteiger partial charge on any atom is -0.484 e. The van der Waals surface area contributed by atoms with Gasteiger partial charge in [-0.3, -0.25) is 9.59 Å². The average Bonchev–Trinajstić information content (AvgIpc) is 2.55. The number of hydrogen-bond acceptors (Lipinski definition) is 3. The van der Waals surface area contributed by atoms with Crippen molar-refractivity contribution in [3.05, 3.63) is 54.1 Å². The third kappa shape index (κ3) is 5.43. The fourth-order valence-electron chi connectivity index (χ4n) is 1.93. The summed E-state index contributed by atoms with van der Waals surface area (Å²) in [5, 5.41) is 5.56. The molecule has 0 aliphatic carbocycles. The molecular weight excluding hydrogens is 304 g/mol. The van der Waals surface area contributed by atoms with Crippen molar-refractivity contribution in [1.82, 2.24) is 0 Å². The molecule has 0 aliphatic heterocycles. The van der Waals surface area contributed by atoms with Gasteiger partial charge in [-0.2, -0.15) is 0 Å². The van der Waals surface area contributed by atoms with Gasteiger partial charge >= 0.3 is 0 Å². The first kappa shape index (κ1) is 17.5. The lowest BCUT2D eigenvalue weighted by Crippen LogP contribution is -2.20. The molecule has 126 valence electrons. The van der Waals surface area contributed by atoms with Gasteiger partial charge in [0.2, 0.25) is 5.91 Å². The summed E-state index contributed by atoms with van der Waals surface area (Å²) in [7, 11) is 0. The van der Waals surface area contributed by atoms with E-state index in [2.05, 4.69) is 10.6 Å². The molecule has 0 bridgehead atoms. The summed E-state index contributed by atoms with van der Waals surface area (Å²) in [6.07, 6.45) is 0. The molecule has 0 aromatic heterocycles. The third-order valence-corrected chi connectivity index (χ3v) is 3.33. The lowest BCUT2D eigenvalue weighted by Gasteiger charge is -2.11. The van der Waals surface area contributed by atoms with Crippen LogP contribution in [0.15, 0.2) is 48.5 Å². The highest BCUT2D eigenvalue weighted by Crippen LogP contribution is 2.18. The van der Waals surface area contributed by atoms with Gasteiger partial charge in [-0.05, 0) is 31.2 Å². The molecule has 0 radical (unpaired) electrons. The van der Waals surface area contributed by atoms with Crippen LogP contribution in [0, 0.1) is 12.8 Å². The van der Waals surface area contributed by atoms with E-state index in [-0.39, 0.29) is 24.3 Å². The Balaban J connectivity index is 1.88. The maximum absolute atomic E-state index is 11.9. The quantitative estimate of drug-likeness (QED) is 0.852. The number of anilines is 2. The maximum atomic E-state index is 11.9. The van der Waals surface area contributed by atoms with Gasteiger partial charge in [-0.1, -0.05) is 37.6 Å². The van der Waals surface area contributed by atoms with Crippen LogP contribution < -0.4 is 15.4 Å². The summed E-state index contributed by atoms with van der Waals surface area (Å²) in [6.45, 7) is 5.53. The van der Waals surface area contributed by atoms with Crippen molar-refractivity contribution in [2.45, 2.75) is 20.8 Å². The van der Waals surface area contributed by atoms with Crippen molar-refractivity contribution >= 4 is 23.2 Å². The van der Waals surface area contributed by atoms with Crippen LogP contribution in [0.3, 0.4) is 0 Å². The second-order valence-electron chi connectivity index (χ2n) is 5.87. The molecule has 0 unspecified atom stereocenters. The van der Waals surface area contributed by atoms with Crippen molar-refractivity contribution in [3.8, 4) is 5.75 Å². The lowest BCUT2D eigenvalue weighted by molar-refractivity contribution is -0.119. The van der Waals surface area contributed by atoms with Crippen LogP contribution in [0.4, 0.5) is 11.4 Å². The van der Waals surface area contributed by atoms with Crippen LogP contribution in [-0.4, -0.2) is 18.4 Å². The van der Waals surface area contributed by atoms with Gasteiger partial charge in [-0.15, -0.1) is 0 Å². The highest BCUT2D eigenvalue weighted by molar-refractivity contribution is 5.93. The SMILES string of the molecule is Cc1ccc(NC(=O)COc2cccc(NC(=O)C(C)C)c2)cc1. The van der Waals surface area contributed by atoms with E-state index < -0.39 is 0 Å². The monoisotopic (exact) mass is 326 g/mol. The Kier molecular flexibility index (Phi) is 5.95. The molecule has 0 aliphatic rings. The second-order valence-corrected chi connectivity index (χ2v) is 5.87. The van der Waals surface area contributed by atoms with E-state index in [9.17, 15) is 9.59 Å². The fraction of sp³-hybridized carbons (Fsp3) is 0.263. The maximum Gasteiger partial charge on any atom is 0.262 e. The predicted molar refractivity (Wildman–Crippen MR) is 95.2 cm³/mol. The molecular formula is C19H22N2O3. The molecule has 5 nitrogen and oxygen atoms in total. The van der Waals surface area contributed by atoms with Crippen LogP contribution in [-0.2, 0) is 9.59 Å². The summed E-state index contributed by atoms with van der Waals surface area (Å²) >= 11 is 0. The molecule has 0 saturated carbocycles. The van der Waals surface area contributed by atoms with Crippen molar-refractivity contribution in [2.24, 2.45) is 5.92 Å². The van der Waals surface area contributed by atoms with Gasteiger partial charge in [-0.25, -0.2) is 0 Å². The Hall–Kier alpha value is -2.82. The first-order chi connectivity index (χ1) is 11.4. The van der Waals surface area contributed by atoms with Crippen LogP contribution in [0.5, 0.6) is 5.75 Å². The molecule has 0 saturated heterocycles. The van der Waals surface area contributed by atoms with E-state index in [0.29, 0.717) is 11.4 Å². The predicted octanol–water partition coefficient (Wildman–Crippen LogP) is 3.61. The Bertz CT molecular complexity index is 709. The topological polar surface area (TPSA) is 67.4 Å². The normalized spacial score (nSPS) is 10.3. The molecule has 0 fully saturated rings. The molecule has 24 heavy (non-hydrogen) atoms. The molecule has 2 aromatic carbocycles. The Morgan fingerprint density at radius 2 is 1.71 bits per heavy atom. The molecule has 2 N–H and O–H groups in total. The minimum atomic E-state index is -0.240. The lowest BCUT2D eigenvalue weighted by atomic mass is 10.2. The van der Waals surface area contributed by atoms with Gasteiger partial charge < -0.3 is 15.4 Å². The van der Waals surface area contributed by atoms with Crippen molar-refractivity contribution in [2.75, 3.05) is 17.2 Å². The van der Waals surface area contributed by atoms with Crippen molar-refractivity contribution in [1.29, 1.82) is 0 Å².